The Morgan fingerprint density at radius 2 is 2.39 bits per heavy atom. The lowest BCUT2D eigenvalue weighted by molar-refractivity contribution is 0.0923. The normalized spacial score (nSPS) is 23.6. The summed E-state index contributed by atoms with van der Waals surface area (Å²) in [6.07, 6.45) is 5.17. The van der Waals surface area contributed by atoms with Crippen LogP contribution in [0.15, 0.2) is 23.3 Å². The quantitative estimate of drug-likeness (QED) is 0.730. The zero-order valence-electron chi connectivity index (χ0n) is 10.6. The summed E-state index contributed by atoms with van der Waals surface area (Å²) in [5.41, 5.74) is -0.00170. The first-order valence-electron chi connectivity index (χ1n) is 6.27. The van der Waals surface area contributed by atoms with Crippen LogP contribution in [0.25, 0.3) is 0 Å². The van der Waals surface area contributed by atoms with Crippen molar-refractivity contribution in [2.45, 2.75) is 19.8 Å². The minimum Gasteiger partial charge on any atom is -0.367 e. The van der Waals surface area contributed by atoms with Crippen LogP contribution in [0.1, 0.15) is 30.1 Å². The molecule has 1 aromatic heterocycles. The zero-order chi connectivity index (χ0) is 13.0. The summed E-state index contributed by atoms with van der Waals surface area (Å²) in [5.74, 6) is -0.302. The molecule has 18 heavy (non-hydrogen) atoms. The van der Waals surface area contributed by atoms with Gasteiger partial charge in [0.1, 0.15) is 5.56 Å². The van der Waals surface area contributed by atoms with Gasteiger partial charge in [0.2, 0.25) is 0 Å². The van der Waals surface area contributed by atoms with Crippen molar-refractivity contribution in [2.24, 2.45) is 5.41 Å². The van der Waals surface area contributed by atoms with Crippen LogP contribution < -0.4 is 16.1 Å². The first-order valence-corrected chi connectivity index (χ1v) is 6.27. The number of aromatic nitrogens is 1. The van der Waals surface area contributed by atoms with Crippen molar-refractivity contribution in [2.75, 3.05) is 19.6 Å². The molecule has 0 saturated carbocycles. The van der Waals surface area contributed by atoms with Crippen molar-refractivity contribution >= 4 is 5.91 Å². The van der Waals surface area contributed by atoms with Crippen LogP contribution in [-0.2, 0) is 0 Å². The van der Waals surface area contributed by atoms with Gasteiger partial charge in [0.25, 0.3) is 5.91 Å². The Hall–Kier alpha value is -1.62. The highest BCUT2D eigenvalue weighted by atomic mass is 16.2. The molecule has 0 spiro atoms. The third-order valence-corrected chi connectivity index (χ3v) is 3.43. The van der Waals surface area contributed by atoms with Crippen LogP contribution in [-0.4, -0.2) is 30.5 Å². The third kappa shape index (κ3) is 2.98. The highest BCUT2D eigenvalue weighted by Crippen LogP contribution is 2.24. The van der Waals surface area contributed by atoms with Crippen LogP contribution in [0.4, 0.5) is 0 Å². The number of hydrogen-bond acceptors (Lipinski definition) is 3. The maximum absolute atomic E-state index is 11.9. The van der Waals surface area contributed by atoms with E-state index in [1.807, 2.05) is 0 Å². The summed E-state index contributed by atoms with van der Waals surface area (Å²) < 4.78 is 0. The van der Waals surface area contributed by atoms with Gasteiger partial charge in [-0.05, 0) is 24.8 Å². The Bertz CT molecular complexity index is 475. The zero-order valence-corrected chi connectivity index (χ0v) is 10.6. The fourth-order valence-electron chi connectivity index (χ4n) is 2.25. The predicted octanol–water partition coefficient (Wildman–Crippen LogP) is 0.494. The second-order valence-corrected chi connectivity index (χ2v) is 5.20. The molecule has 0 radical (unpaired) electrons. The van der Waals surface area contributed by atoms with Crippen molar-refractivity contribution in [3.05, 3.63) is 34.2 Å². The molecule has 0 bridgehead atoms. The molecule has 1 unspecified atom stereocenters. The number of hydrogen-bond donors (Lipinski definition) is 3. The lowest BCUT2D eigenvalue weighted by Gasteiger charge is -2.34. The van der Waals surface area contributed by atoms with Gasteiger partial charge in [-0.3, -0.25) is 9.59 Å². The van der Waals surface area contributed by atoms with Gasteiger partial charge >= 0.3 is 0 Å². The number of piperidine rings is 1. The predicted molar refractivity (Wildman–Crippen MR) is 69.6 cm³/mol. The molecular weight excluding hydrogens is 230 g/mol. The number of rotatable bonds is 3. The summed E-state index contributed by atoms with van der Waals surface area (Å²) in [5, 5.41) is 6.18. The molecule has 3 N–H and O–H groups in total. The second-order valence-electron chi connectivity index (χ2n) is 5.20. The smallest absolute Gasteiger partial charge is 0.256 e. The molecule has 1 atom stereocenters. The Labute approximate surface area is 106 Å². The first kappa shape index (κ1) is 12.8. The van der Waals surface area contributed by atoms with E-state index in [9.17, 15) is 9.59 Å². The van der Waals surface area contributed by atoms with Crippen molar-refractivity contribution in [3.8, 4) is 0 Å². The molecular formula is C13H19N3O2. The van der Waals surface area contributed by atoms with Gasteiger partial charge < -0.3 is 15.6 Å². The summed E-state index contributed by atoms with van der Waals surface area (Å²) in [6.45, 7) is 4.68. The van der Waals surface area contributed by atoms with Gasteiger partial charge in [-0.2, -0.15) is 0 Å². The Morgan fingerprint density at radius 1 is 1.56 bits per heavy atom. The molecule has 0 aliphatic carbocycles. The van der Waals surface area contributed by atoms with Crippen LogP contribution >= 0.6 is 0 Å². The van der Waals surface area contributed by atoms with Gasteiger partial charge in [-0.1, -0.05) is 6.92 Å². The Kier molecular flexibility index (Phi) is 3.81. The molecule has 98 valence electrons. The highest BCUT2D eigenvalue weighted by molar-refractivity contribution is 5.93. The Balaban J connectivity index is 1.96. The van der Waals surface area contributed by atoms with Crippen LogP contribution in [0.2, 0.25) is 0 Å². The minimum atomic E-state index is -0.302. The number of carbonyl (C=O) groups is 1. The molecule has 1 aliphatic heterocycles. The molecule has 5 nitrogen and oxygen atoms in total. The number of aromatic amines is 1. The van der Waals surface area contributed by atoms with E-state index in [1.165, 1.54) is 18.5 Å². The van der Waals surface area contributed by atoms with Gasteiger partial charge in [0.15, 0.2) is 5.43 Å². The van der Waals surface area contributed by atoms with E-state index >= 15 is 0 Å². The standard InChI is InChI=1S/C13H19N3O2/c1-13(4-2-5-15-8-13)9-16-12(18)10-7-14-6-3-11(10)17/h3,6-7,15H,2,4-5,8-9H2,1H3,(H,14,17)(H,16,18). The van der Waals surface area contributed by atoms with Gasteiger partial charge in [-0.25, -0.2) is 0 Å². The monoisotopic (exact) mass is 249 g/mol. The van der Waals surface area contributed by atoms with E-state index in [-0.39, 0.29) is 22.3 Å². The fourth-order valence-corrected chi connectivity index (χ4v) is 2.25. The number of pyridine rings is 1. The topological polar surface area (TPSA) is 74.0 Å². The largest absolute Gasteiger partial charge is 0.367 e. The third-order valence-electron chi connectivity index (χ3n) is 3.43. The molecule has 5 heteroatoms. The van der Waals surface area contributed by atoms with Crippen molar-refractivity contribution < 1.29 is 4.79 Å². The van der Waals surface area contributed by atoms with Crippen molar-refractivity contribution in [1.82, 2.24) is 15.6 Å². The van der Waals surface area contributed by atoms with E-state index in [4.69, 9.17) is 0 Å². The SMILES string of the molecule is CC1(CNC(=O)c2c[nH]ccc2=O)CCCNC1. The van der Waals surface area contributed by atoms with E-state index < -0.39 is 0 Å². The molecule has 1 amide bonds. The maximum atomic E-state index is 11.9. The molecule has 1 aromatic rings. The number of H-pyrrole nitrogens is 1. The summed E-state index contributed by atoms with van der Waals surface area (Å²) in [6, 6.07) is 1.36. The van der Waals surface area contributed by atoms with Gasteiger partial charge in [0, 0.05) is 31.5 Å². The van der Waals surface area contributed by atoms with Gasteiger partial charge in [-0.15, -0.1) is 0 Å². The summed E-state index contributed by atoms with van der Waals surface area (Å²) >= 11 is 0. The van der Waals surface area contributed by atoms with Crippen molar-refractivity contribution in [1.29, 1.82) is 0 Å². The van der Waals surface area contributed by atoms with Crippen LogP contribution in [0.5, 0.6) is 0 Å². The first-order chi connectivity index (χ1) is 8.61. The maximum Gasteiger partial charge on any atom is 0.256 e. The Morgan fingerprint density at radius 3 is 3.06 bits per heavy atom. The van der Waals surface area contributed by atoms with Gasteiger partial charge in [0.05, 0.1) is 0 Å². The van der Waals surface area contributed by atoms with E-state index in [0.29, 0.717) is 6.54 Å². The molecule has 2 heterocycles. The lowest BCUT2D eigenvalue weighted by Crippen LogP contribution is -2.46. The van der Waals surface area contributed by atoms with E-state index in [1.54, 1.807) is 0 Å². The molecule has 1 saturated heterocycles. The van der Waals surface area contributed by atoms with Crippen LogP contribution in [0, 0.1) is 5.41 Å². The average Bonchev–Trinajstić information content (AvgIpc) is 2.38. The second kappa shape index (κ2) is 5.35. The molecule has 0 aromatic carbocycles. The number of nitrogens with one attached hydrogen (secondary N) is 3. The number of carbonyl (C=O) groups excluding carboxylic acids is 1. The lowest BCUT2D eigenvalue weighted by atomic mass is 9.83. The average molecular weight is 249 g/mol. The summed E-state index contributed by atoms with van der Waals surface area (Å²) in [7, 11) is 0. The van der Waals surface area contributed by atoms with E-state index in [2.05, 4.69) is 22.5 Å². The van der Waals surface area contributed by atoms with E-state index in [0.717, 1.165) is 25.9 Å². The minimum absolute atomic E-state index is 0.0788. The van der Waals surface area contributed by atoms with Crippen LogP contribution in [0.3, 0.4) is 0 Å². The summed E-state index contributed by atoms with van der Waals surface area (Å²) in [4.78, 5) is 26.2. The molecule has 1 aliphatic rings. The highest BCUT2D eigenvalue weighted by Gasteiger charge is 2.27. The molecule has 1 fully saturated rings. The van der Waals surface area contributed by atoms with Crippen molar-refractivity contribution in [3.63, 3.8) is 0 Å². The fraction of sp³-hybridized carbons (Fsp3) is 0.538. The molecule has 2 rings (SSSR count). The number of amides is 1.